The third-order valence-electron chi connectivity index (χ3n) is 3.84. The Morgan fingerprint density at radius 3 is 2.86 bits per heavy atom. The van der Waals surface area contributed by atoms with Crippen molar-refractivity contribution in [3.05, 3.63) is 47.9 Å². The lowest BCUT2D eigenvalue weighted by Gasteiger charge is -2.01. The summed E-state index contributed by atoms with van der Waals surface area (Å²) in [6, 6.07) is 9.95. The van der Waals surface area contributed by atoms with Crippen molar-refractivity contribution in [2.75, 3.05) is 6.54 Å². The molecule has 0 unspecified atom stereocenters. The second-order valence-corrected chi connectivity index (χ2v) is 5.30. The molecule has 3 aromatic rings. The van der Waals surface area contributed by atoms with E-state index < -0.39 is 0 Å². The maximum atomic E-state index is 12.0. The highest BCUT2D eigenvalue weighted by Crippen LogP contribution is 2.29. The van der Waals surface area contributed by atoms with Crippen molar-refractivity contribution in [3.63, 3.8) is 0 Å². The summed E-state index contributed by atoms with van der Waals surface area (Å²) in [5, 5.41) is 10.0. The molecule has 110 valence electrons. The van der Waals surface area contributed by atoms with Gasteiger partial charge in [0.05, 0.1) is 17.5 Å². The molecular weight excluding hydrogens is 278 g/mol. The van der Waals surface area contributed by atoms with E-state index in [1.54, 1.807) is 6.20 Å². The van der Waals surface area contributed by atoms with Crippen LogP contribution in [0.3, 0.4) is 0 Å². The van der Waals surface area contributed by atoms with Crippen molar-refractivity contribution in [2.45, 2.75) is 12.8 Å². The van der Waals surface area contributed by atoms with E-state index in [9.17, 15) is 4.79 Å². The van der Waals surface area contributed by atoms with E-state index in [1.807, 2.05) is 30.3 Å². The molecule has 6 heteroatoms. The summed E-state index contributed by atoms with van der Waals surface area (Å²) in [7, 11) is 0. The van der Waals surface area contributed by atoms with Crippen molar-refractivity contribution < 1.29 is 4.79 Å². The zero-order chi connectivity index (χ0) is 14.9. The van der Waals surface area contributed by atoms with Gasteiger partial charge in [-0.25, -0.2) is 4.98 Å². The van der Waals surface area contributed by atoms with Crippen LogP contribution in [-0.2, 0) is 6.42 Å². The number of nitrogens with one attached hydrogen (secondary N) is 3. The Bertz CT molecular complexity index is 818. The number of amides is 1. The molecule has 1 aromatic carbocycles. The van der Waals surface area contributed by atoms with Gasteiger partial charge in [0.25, 0.3) is 5.91 Å². The van der Waals surface area contributed by atoms with Crippen LogP contribution in [0.15, 0.2) is 36.5 Å². The third kappa shape index (κ3) is 2.09. The Morgan fingerprint density at radius 2 is 2.00 bits per heavy atom. The van der Waals surface area contributed by atoms with Gasteiger partial charge in [-0.1, -0.05) is 30.3 Å². The van der Waals surface area contributed by atoms with Gasteiger partial charge in [-0.3, -0.25) is 9.89 Å². The minimum Gasteiger partial charge on any atom is -0.351 e. The number of aromatic nitrogens is 4. The first-order valence-electron chi connectivity index (χ1n) is 7.29. The first-order valence-corrected chi connectivity index (χ1v) is 7.29. The van der Waals surface area contributed by atoms with E-state index in [0.29, 0.717) is 18.1 Å². The molecule has 0 fully saturated rings. The topological polar surface area (TPSA) is 86.5 Å². The van der Waals surface area contributed by atoms with Crippen LogP contribution < -0.4 is 5.32 Å². The Kier molecular flexibility index (Phi) is 3.00. The van der Waals surface area contributed by atoms with Gasteiger partial charge < -0.3 is 10.3 Å². The number of fused-ring (bicyclic) bond motifs is 1. The number of nitrogens with zero attached hydrogens (tertiary/aromatic N) is 2. The van der Waals surface area contributed by atoms with Crippen LogP contribution in [0.1, 0.15) is 22.6 Å². The summed E-state index contributed by atoms with van der Waals surface area (Å²) in [5.74, 6) is 0.564. The molecule has 0 saturated heterocycles. The lowest BCUT2D eigenvalue weighted by atomic mass is 10.1. The minimum atomic E-state index is -0.111. The van der Waals surface area contributed by atoms with Gasteiger partial charge in [-0.05, 0) is 12.8 Å². The lowest BCUT2D eigenvalue weighted by Crippen LogP contribution is -2.23. The molecule has 0 radical (unpaired) electrons. The summed E-state index contributed by atoms with van der Waals surface area (Å²) < 4.78 is 0. The number of H-pyrrole nitrogens is 2. The number of rotatable bonds is 2. The summed E-state index contributed by atoms with van der Waals surface area (Å²) in [4.78, 5) is 19.8. The highest BCUT2D eigenvalue weighted by atomic mass is 16.1. The quantitative estimate of drug-likeness (QED) is 0.676. The largest absolute Gasteiger partial charge is 0.351 e. The van der Waals surface area contributed by atoms with Gasteiger partial charge in [-0.2, -0.15) is 5.10 Å². The smallest absolute Gasteiger partial charge is 0.271 e. The molecule has 1 amide bonds. The van der Waals surface area contributed by atoms with E-state index in [2.05, 4.69) is 25.5 Å². The number of aromatic amines is 2. The van der Waals surface area contributed by atoms with Gasteiger partial charge in [-0.15, -0.1) is 0 Å². The Balaban J connectivity index is 1.80. The van der Waals surface area contributed by atoms with Gasteiger partial charge in [0.15, 0.2) is 0 Å². The fraction of sp³-hybridized carbons (Fsp3) is 0.188. The van der Waals surface area contributed by atoms with Crippen molar-refractivity contribution in [3.8, 4) is 22.6 Å². The number of carbonyl (C=O) groups excluding carboxylic acids is 1. The normalized spacial score (nSPS) is 14.3. The summed E-state index contributed by atoms with van der Waals surface area (Å²) in [5.41, 5.74) is 4.18. The predicted molar refractivity (Wildman–Crippen MR) is 82.3 cm³/mol. The van der Waals surface area contributed by atoms with E-state index in [0.717, 1.165) is 35.4 Å². The first kappa shape index (κ1) is 12.8. The van der Waals surface area contributed by atoms with Crippen molar-refractivity contribution in [1.29, 1.82) is 0 Å². The number of imidazole rings is 1. The van der Waals surface area contributed by atoms with Crippen LogP contribution in [0.5, 0.6) is 0 Å². The van der Waals surface area contributed by atoms with E-state index >= 15 is 0 Å². The lowest BCUT2D eigenvalue weighted by molar-refractivity contribution is 0.0951. The maximum absolute atomic E-state index is 12.0. The van der Waals surface area contributed by atoms with Crippen molar-refractivity contribution in [1.82, 2.24) is 25.5 Å². The fourth-order valence-electron chi connectivity index (χ4n) is 2.75. The van der Waals surface area contributed by atoms with Crippen molar-refractivity contribution >= 4 is 5.91 Å². The fourth-order valence-corrected chi connectivity index (χ4v) is 2.75. The van der Waals surface area contributed by atoms with E-state index in [4.69, 9.17) is 0 Å². The van der Waals surface area contributed by atoms with Gasteiger partial charge in [0.1, 0.15) is 11.5 Å². The molecular formula is C16H15N5O. The standard InChI is InChI=1S/C16H15N5O/c22-16-14-12(7-4-8-17-16)19-15(20-14)11-9-18-21-13(11)10-5-2-1-3-6-10/h1-3,5-6,9H,4,7-8H2,(H,17,22)(H,18,21)(H,19,20). The van der Waals surface area contributed by atoms with Gasteiger partial charge in [0, 0.05) is 17.8 Å². The van der Waals surface area contributed by atoms with Crippen LogP contribution in [-0.4, -0.2) is 32.6 Å². The number of benzene rings is 1. The highest BCUT2D eigenvalue weighted by molar-refractivity contribution is 5.94. The molecule has 0 spiro atoms. The molecule has 6 nitrogen and oxygen atoms in total. The molecule has 3 heterocycles. The van der Waals surface area contributed by atoms with Crippen LogP contribution in [0.2, 0.25) is 0 Å². The number of hydrogen-bond acceptors (Lipinski definition) is 3. The Labute approximate surface area is 127 Å². The zero-order valence-electron chi connectivity index (χ0n) is 11.9. The Hall–Kier alpha value is -2.89. The molecule has 4 rings (SSSR count). The van der Waals surface area contributed by atoms with Crippen LogP contribution in [0.4, 0.5) is 0 Å². The van der Waals surface area contributed by atoms with Crippen LogP contribution in [0.25, 0.3) is 22.6 Å². The van der Waals surface area contributed by atoms with Gasteiger partial charge in [0.2, 0.25) is 0 Å². The molecule has 1 aliphatic rings. The average Bonchev–Trinajstić information content (AvgIpc) is 3.15. The van der Waals surface area contributed by atoms with E-state index in [1.165, 1.54) is 0 Å². The van der Waals surface area contributed by atoms with Crippen LogP contribution in [0, 0.1) is 0 Å². The van der Waals surface area contributed by atoms with Gasteiger partial charge >= 0.3 is 0 Å². The molecule has 1 aliphatic heterocycles. The second-order valence-electron chi connectivity index (χ2n) is 5.30. The monoisotopic (exact) mass is 293 g/mol. The molecule has 0 bridgehead atoms. The maximum Gasteiger partial charge on any atom is 0.271 e. The molecule has 0 aliphatic carbocycles. The SMILES string of the molecule is O=C1NCCCc2[nH]c(-c3cn[nH]c3-c3ccccc3)nc21. The second kappa shape index (κ2) is 5.14. The third-order valence-corrected chi connectivity index (χ3v) is 3.84. The summed E-state index contributed by atoms with van der Waals surface area (Å²) in [6.45, 7) is 0.694. The molecule has 2 aromatic heterocycles. The molecule has 3 N–H and O–H groups in total. The molecule has 0 saturated carbocycles. The number of aryl methyl sites for hydroxylation is 1. The predicted octanol–water partition coefficient (Wildman–Crippen LogP) is 2.14. The number of hydrogen-bond donors (Lipinski definition) is 3. The average molecular weight is 293 g/mol. The van der Waals surface area contributed by atoms with Crippen molar-refractivity contribution in [2.24, 2.45) is 0 Å². The van der Waals surface area contributed by atoms with Crippen LogP contribution >= 0.6 is 0 Å². The molecule has 0 atom stereocenters. The minimum absolute atomic E-state index is 0.111. The highest BCUT2D eigenvalue weighted by Gasteiger charge is 2.22. The summed E-state index contributed by atoms with van der Waals surface area (Å²) in [6.07, 6.45) is 3.47. The summed E-state index contributed by atoms with van der Waals surface area (Å²) >= 11 is 0. The number of carbonyl (C=O) groups is 1. The van der Waals surface area contributed by atoms with E-state index in [-0.39, 0.29) is 5.91 Å². The first-order chi connectivity index (χ1) is 10.8. The Morgan fingerprint density at radius 1 is 1.14 bits per heavy atom. The zero-order valence-corrected chi connectivity index (χ0v) is 11.9. The molecule has 22 heavy (non-hydrogen) atoms.